The molecule has 19 heteroatoms. The molecule has 62 heavy (non-hydrogen) atoms. The molecule has 19 nitrogen and oxygen atoms in total. The van der Waals surface area contributed by atoms with Crippen molar-refractivity contribution < 1.29 is 90.8 Å². The summed E-state index contributed by atoms with van der Waals surface area (Å²) in [6.07, 6.45) is -7.69. The van der Waals surface area contributed by atoms with Crippen molar-refractivity contribution in [2.24, 2.45) is 34.0 Å². The molecule has 1 aromatic rings. The molecule has 4 aliphatic carbocycles. The number of methoxy groups -OCH3 is 1. The highest BCUT2D eigenvalue weighted by molar-refractivity contribution is 5.75. The molecule has 3 heterocycles. The van der Waals surface area contributed by atoms with Crippen molar-refractivity contribution in [3.63, 3.8) is 0 Å². The van der Waals surface area contributed by atoms with E-state index in [4.69, 9.17) is 47.0 Å². The zero-order valence-corrected chi connectivity index (χ0v) is 36.7. The Balaban J connectivity index is 1.73. The summed E-state index contributed by atoms with van der Waals surface area (Å²) in [5, 5.41) is 29.1. The van der Waals surface area contributed by atoms with Gasteiger partial charge in [-0.05, 0) is 24.8 Å². The Hall–Kier alpha value is -4.59. The third kappa shape index (κ3) is 5.39. The highest BCUT2D eigenvalue weighted by Gasteiger charge is 3.05. The number of ether oxygens (including phenoxy) is 9. The average molecular weight is 877 g/mol. The number of rotatable bonds is 13. The van der Waals surface area contributed by atoms with E-state index < -0.39 is 154 Å². The fourth-order valence-electron chi connectivity index (χ4n) is 13.4. The normalized spacial score (nSPS) is 43.3. The first-order chi connectivity index (χ1) is 28.8. The highest BCUT2D eigenvalue weighted by Crippen LogP contribution is 2.87. The molecule has 15 atom stereocenters. The standard InChI is InChI=1S/C43H56O19/c1-12-38-16-28-37(10,30(56-22(5)45)26-13-14-54-17-26)31(59-33(50)20(2)3)32(57-23(6)46)43(52)39(19-55-21(4)44)27(15-29(49)53-11)36(9)18-40(39,51)42(60-25(8)48,34(36)58-24(7)47)35(61-38)41(28,43)62-38/h13-14,17,20,27-28,30-32,34-35,51-52H,12,15-16,18-19H2,1-11H3/t27-,28+,30-,31-,32+,34-,35-,36+,37+,38-,39+,40+,41+,42-,43-/m0/s1. The number of hydrogen-bond acceptors (Lipinski definition) is 19. The first-order valence-electron chi connectivity index (χ1n) is 20.8. The third-order valence-electron chi connectivity index (χ3n) is 15.2. The largest absolute Gasteiger partial charge is 0.472 e. The minimum atomic E-state index is -3.00. The number of furan rings is 1. The van der Waals surface area contributed by atoms with Crippen molar-refractivity contribution in [2.75, 3.05) is 13.7 Å². The lowest BCUT2D eigenvalue weighted by Crippen LogP contribution is -2.97. The molecule has 0 amide bonds. The van der Waals surface area contributed by atoms with Gasteiger partial charge in [0.1, 0.15) is 35.6 Å². The predicted octanol–water partition coefficient (Wildman–Crippen LogP) is 2.55. The Morgan fingerprint density at radius 3 is 2.06 bits per heavy atom. The molecule has 7 rings (SSSR count). The van der Waals surface area contributed by atoms with Crippen molar-refractivity contribution in [3.05, 3.63) is 24.2 Å². The van der Waals surface area contributed by atoms with Crippen LogP contribution in [0.5, 0.6) is 0 Å². The minimum Gasteiger partial charge on any atom is -0.472 e. The van der Waals surface area contributed by atoms with Crippen LogP contribution in [0.1, 0.15) is 107 Å². The van der Waals surface area contributed by atoms with Gasteiger partial charge in [0.2, 0.25) is 5.60 Å². The van der Waals surface area contributed by atoms with Crippen molar-refractivity contribution in [3.8, 4) is 0 Å². The van der Waals surface area contributed by atoms with Gasteiger partial charge in [-0.1, -0.05) is 34.6 Å². The van der Waals surface area contributed by atoms with Crippen LogP contribution in [0, 0.1) is 34.0 Å². The number of carbonyl (C=O) groups excluding carboxylic acids is 7. The molecule has 1 aromatic heterocycles. The SMILES string of the molecule is CC[C@@]12C[C@@H]3[C@](C)([C@@H](OC(C)=O)c4ccoc4)[C@@H](OC(=O)C(C)C)[C@@H](OC(C)=O)[C@@]4(O)[C@]3(O1)[C@H](O2)[C@@]1(OC(C)=O)[C@@H](OC(C)=O)[C@]2(C)C[C@@]1(O)[C@@]4(COC(C)=O)[C@H]2CC(=O)OC. The minimum absolute atomic E-state index is 0.0130. The summed E-state index contributed by atoms with van der Waals surface area (Å²) in [7, 11) is 1.11. The van der Waals surface area contributed by atoms with E-state index in [9.17, 15) is 43.8 Å². The topological polar surface area (TPSA) is 256 Å². The van der Waals surface area contributed by atoms with E-state index in [0.717, 1.165) is 41.7 Å². The first kappa shape index (κ1) is 45.4. The van der Waals surface area contributed by atoms with Gasteiger partial charge in [0.05, 0.1) is 36.4 Å². The second-order valence-electron chi connectivity index (χ2n) is 18.6. The highest BCUT2D eigenvalue weighted by atomic mass is 16.8. The Kier molecular flexibility index (Phi) is 10.6. The molecular formula is C43H56O19. The molecule has 4 bridgehead atoms. The van der Waals surface area contributed by atoms with E-state index in [1.54, 1.807) is 34.6 Å². The lowest BCUT2D eigenvalue weighted by molar-refractivity contribution is -0.447. The summed E-state index contributed by atoms with van der Waals surface area (Å²) < 4.78 is 62.3. The lowest BCUT2D eigenvalue weighted by Gasteiger charge is -2.77. The summed E-state index contributed by atoms with van der Waals surface area (Å²) in [4.78, 5) is 95.2. The van der Waals surface area contributed by atoms with Gasteiger partial charge < -0.3 is 57.3 Å². The molecule has 2 N–H and O–H groups in total. The molecule has 6 fully saturated rings. The van der Waals surface area contributed by atoms with Crippen molar-refractivity contribution >= 4 is 41.8 Å². The number of aliphatic hydroxyl groups is 2. The Morgan fingerprint density at radius 2 is 1.55 bits per heavy atom. The van der Waals surface area contributed by atoms with E-state index in [-0.39, 0.29) is 18.4 Å². The fourth-order valence-corrected chi connectivity index (χ4v) is 13.4. The van der Waals surface area contributed by atoms with Gasteiger partial charge in [-0.15, -0.1) is 0 Å². The van der Waals surface area contributed by atoms with Crippen molar-refractivity contribution in [1.29, 1.82) is 0 Å². The maximum absolute atomic E-state index is 14.9. The van der Waals surface area contributed by atoms with Gasteiger partial charge >= 0.3 is 41.8 Å². The second-order valence-corrected chi connectivity index (χ2v) is 18.6. The quantitative estimate of drug-likeness (QED) is 0.213. The van der Waals surface area contributed by atoms with Crippen LogP contribution in [-0.4, -0.2) is 118 Å². The van der Waals surface area contributed by atoms with E-state index in [0.29, 0.717) is 0 Å². The van der Waals surface area contributed by atoms with Crippen LogP contribution in [0.4, 0.5) is 0 Å². The lowest BCUT2D eigenvalue weighted by atomic mass is 9.32. The number of hydrogen-bond donors (Lipinski definition) is 2. The molecule has 1 spiro atoms. The number of carbonyl (C=O) groups is 7. The Labute approximate surface area is 357 Å². The van der Waals surface area contributed by atoms with Crippen LogP contribution in [0.2, 0.25) is 0 Å². The first-order valence-corrected chi connectivity index (χ1v) is 20.8. The van der Waals surface area contributed by atoms with Gasteiger partial charge in [0.25, 0.3) is 0 Å². The molecular weight excluding hydrogens is 820 g/mol. The van der Waals surface area contributed by atoms with Gasteiger partial charge in [-0.25, -0.2) is 0 Å². The molecule has 2 saturated heterocycles. The zero-order valence-electron chi connectivity index (χ0n) is 36.7. The maximum atomic E-state index is 14.9. The second kappa shape index (κ2) is 14.5. The molecule has 6 aliphatic rings. The van der Waals surface area contributed by atoms with E-state index in [1.165, 1.54) is 18.6 Å². The summed E-state index contributed by atoms with van der Waals surface area (Å²) in [5.41, 5.74) is -16.6. The Bertz CT molecular complexity index is 2070. The predicted molar refractivity (Wildman–Crippen MR) is 203 cm³/mol. The third-order valence-corrected chi connectivity index (χ3v) is 15.2. The van der Waals surface area contributed by atoms with Crippen LogP contribution in [-0.2, 0) is 76.2 Å². The Morgan fingerprint density at radius 1 is 0.887 bits per heavy atom. The van der Waals surface area contributed by atoms with Gasteiger partial charge in [0, 0.05) is 64.4 Å². The monoisotopic (exact) mass is 876 g/mol. The molecule has 0 radical (unpaired) electrons. The van der Waals surface area contributed by atoms with Crippen LogP contribution >= 0.6 is 0 Å². The van der Waals surface area contributed by atoms with Crippen molar-refractivity contribution in [1.82, 2.24) is 0 Å². The molecule has 4 saturated carbocycles. The van der Waals surface area contributed by atoms with Crippen molar-refractivity contribution in [2.45, 2.75) is 154 Å². The summed E-state index contributed by atoms with van der Waals surface area (Å²) in [6.45, 7) is 12.4. The summed E-state index contributed by atoms with van der Waals surface area (Å²) in [6, 6.07) is 1.51. The molecule has 342 valence electrons. The van der Waals surface area contributed by atoms with Gasteiger partial charge in [-0.2, -0.15) is 0 Å². The average Bonchev–Trinajstić information content (AvgIpc) is 3.98. The molecule has 0 unspecified atom stereocenters. The van der Waals surface area contributed by atoms with Crippen LogP contribution in [0.3, 0.4) is 0 Å². The van der Waals surface area contributed by atoms with Gasteiger partial charge in [0.15, 0.2) is 24.1 Å². The number of esters is 7. The molecule has 0 aromatic carbocycles. The maximum Gasteiger partial charge on any atom is 0.308 e. The van der Waals surface area contributed by atoms with E-state index in [1.807, 2.05) is 0 Å². The van der Waals surface area contributed by atoms with Crippen LogP contribution in [0.25, 0.3) is 0 Å². The van der Waals surface area contributed by atoms with Crippen LogP contribution in [0.15, 0.2) is 23.0 Å². The number of fused-ring (bicyclic) bond motifs is 4. The zero-order chi connectivity index (χ0) is 46.0. The van der Waals surface area contributed by atoms with E-state index in [2.05, 4.69) is 0 Å². The fraction of sp³-hybridized carbons (Fsp3) is 0.744. The summed E-state index contributed by atoms with van der Waals surface area (Å²) in [5.74, 6) is -11.7. The van der Waals surface area contributed by atoms with Crippen LogP contribution < -0.4 is 0 Å². The smallest absolute Gasteiger partial charge is 0.308 e. The van der Waals surface area contributed by atoms with Gasteiger partial charge in [-0.3, -0.25) is 33.6 Å². The molecule has 2 aliphatic heterocycles. The van der Waals surface area contributed by atoms with E-state index >= 15 is 0 Å². The summed E-state index contributed by atoms with van der Waals surface area (Å²) >= 11 is 0.